The molecule has 8 heteroatoms. The lowest BCUT2D eigenvalue weighted by atomic mass is 10.3. The zero-order valence-electron chi connectivity index (χ0n) is 13.0. The molecule has 0 aliphatic rings. The van der Waals surface area contributed by atoms with Gasteiger partial charge in [-0.25, -0.2) is 9.97 Å². The van der Waals surface area contributed by atoms with E-state index in [1.54, 1.807) is 5.38 Å². The first-order valence-electron chi connectivity index (χ1n) is 7.62. The normalized spacial score (nSPS) is 11.1. The van der Waals surface area contributed by atoms with E-state index in [0.29, 0.717) is 23.0 Å². The molecule has 4 aromatic rings. The number of halogens is 1. The van der Waals surface area contributed by atoms with Gasteiger partial charge in [-0.05, 0) is 24.3 Å². The molecule has 0 saturated heterocycles. The highest BCUT2D eigenvalue weighted by Crippen LogP contribution is 2.32. The van der Waals surface area contributed by atoms with Crippen LogP contribution in [0.5, 0.6) is 0 Å². The Morgan fingerprint density at radius 2 is 2.08 bits per heavy atom. The minimum absolute atomic E-state index is 0.179. The van der Waals surface area contributed by atoms with E-state index >= 15 is 0 Å². The predicted octanol–water partition coefficient (Wildman–Crippen LogP) is 4.37. The van der Waals surface area contributed by atoms with E-state index < -0.39 is 0 Å². The number of H-pyrrole nitrogens is 1. The van der Waals surface area contributed by atoms with E-state index in [1.165, 1.54) is 22.7 Å². The van der Waals surface area contributed by atoms with Crippen LogP contribution in [0.15, 0.2) is 41.8 Å². The number of carbonyl (C=O) groups is 1. The average molecular weight is 389 g/mol. The Morgan fingerprint density at radius 3 is 2.88 bits per heavy atom. The summed E-state index contributed by atoms with van der Waals surface area (Å²) in [5.74, 6) is 0.676. The van der Waals surface area contributed by atoms with Crippen LogP contribution in [-0.4, -0.2) is 27.4 Å². The van der Waals surface area contributed by atoms with E-state index in [1.807, 2.05) is 36.4 Å². The molecule has 0 bridgehead atoms. The Balaban J connectivity index is 1.36. The number of nitrogens with one attached hydrogen (secondary N) is 2. The molecule has 0 unspecified atom stereocenters. The van der Waals surface area contributed by atoms with Crippen molar-refractivity contribution in [2.24, 2.45) is 0 Å². The monoisotopic (exact) mass is 388 g/mol. The van der Waals surface area contributed by atoms with E-state index in [2.05, 4.69) is 20.3 Å². The van der Waals surface area contributed by atoms with Crippen LogP contribution in [0.25, 0.3) is 20.9 Å². The summed E-state index contributed by atoms with van der Waals surface area (Å²) in [5, 5.41) is 5.45. The van der Waals surface area contributed by atoms with Gasteiger partial charge in [0, 0.05) is 18.3 Å². The van der Waals surface area contributed by atoms with Gasteiger partial charge in [0.2, 0.25) is 0 Å². The van der Waals surface area contributed by atoms with Crippen LogP contribution in [0, 0.1) is 0 Å². The van der Waals surface area contributed by atoms with Crippen molar-refractivity contribution in [2.45, 2.75) is 6.42 Å². The molecule has 5 nitrogen and oxygen atoms in total. The summed E-state index contributed by atoms with van der Waals surface area (Å²) in [4.78, 5) is 25.3. The van der Waals surface area contributed by atoms with Crippen molar-refractivity contribution < 1.29 is 4.79 Å². The van der Waals surface area contributed by atoms with Gasteiger partial charge in [-0.2, -0.15) is 0 Å². The summed E-state index contributed by atoms with van der Waals surface area (Å²) in [6, 6.07) is 11.6. The lowest BCUT2D eigenvalue weighted by Crippen LogP contribution is -2.26. The summed E-state index contributed by atoms with van der Waals surface area (Å²) in [6.07, 6.45) is 0.637. The molecular weight excluding hydrogens is 376 g/mol. The van der Waals surface area contributed by atoms with Gasteiger partial charge in [-0.1, -0.05) is 23.7 Å². The highest BCUT2D eigenvalue weighted by molar-refractivity contribution is 7.23. The van der Waals surface area contributed by atoms with Crippen molar-refractivity contribution in [3.63, 3.8) is 0 Å². The zero-order chi connectivity index (χ0) is 17.2. The number of fused-ring (bicyclic) bond motifs is 1. The van der Waals surface area contributed by atoms with E-state index in [0.717, 1.165) is 26.7 Å². The number of amides is 1. The third-order valence-electron chi connectivity index (χ3n) is 3.61. The minimum atomic E-state index is -0.179. The lowest BCUT2D eigenvalue weighted by Gasteiger charge is -2.01. The summed E-state index contributed by atoms with van der Waals surface area (Å²) in [5.41, 5.74) is 2.36. The van der Waals surface area contributed by atoms with Gasteiger partial charge in [0.25, 0.3) is 5.91 Å². The van der Waals surface area contributed by atoms with Gasteiger partial charge >= 0.3 is 0 Å². The Bertz CT molecular complexity index is 1000. The van der Waals surface area contributed by atoms with Gasteiger partial charge < -0.3 is 10.3 Å². The molecule has 126 valence electrons. The van der Waals surface area contributed by atoms with Crippen molar-refractivity contribution in [3.05, 3.63) is 57.6 Å². The van der Waals surface area contributed by atoms with Crippen LogP contribution >= 0.6 is 34.3 Å². The number of thiophene rings is 1. The predicted molar refractivity (Wildman–Crippen MR) is 103 cm³/mol. The molecule has 0 radical (unpaired) electrons. The maximum atomic E-state index is 12.2. The molecule has 0 aliphatic carbocycles. The number of rotatable bonds is 5. The van der Waals surface area contributed by atoms with Gasteiger partial charge in [-0.3, -0.25) is 4.79 Å². The number of nitrogens with zero attached hydrogens (tertiary/aromatic N) is 2. The molecule has 4 rings (SSSR count). The van der Waals surface area contributed by atoms with Crippen LogP contribution in [0.2, 0.25) is 4.34 Å². The zero-order valence-corrected chi connectivity index (χ0v) is 15.3. The van der Waals surface area contributed by atoms with Crippen LogP contribution < -0.4 is 5.32 Å². The van der Waals surface area contributed by atoms with Gasteiger partial charge in [0.05, 0.1) is 20.2 Å². The van der Waals surface area contributed by atoms with E-state index in [-0.39, 0.29) is 5.91 Å². The van der Waals surface area contributed by atoms with Gasteiger partial charge in [-0.15, -0.1) is 22.7 Å². The molecule has 1 aromatic carbocycles. The van der Waals surface area contributed by atoms with Crippen LogP contribution in [-0.2, 0) is 6.42 Å². The van der Waals surface area contributed by atoms with Crippen molar-refractivity contribution in [2.75, 3.05) is 6.54 Å². The third-order valence-corrected chi connectivity index (χ3v) is 5.85. The quantitative estimate of drug-likeness (QED) is 0.533. The second kappa shape index (κ2) is 6.95. The lowest BCUT2D eigenvalue weighted by molar-refractivity contribution is 0.0950. The summed E-state index contributed by atoms with van der Waals surface area (Å²) in [6.45, 7) is 0.496. The molecule has 2 N–H and O–H groups in total. The average Bonchev–Trinajstić information content (AvgIpc) is 3.32. The fourth-order valence-electron chi connectivity index (χ4n) is 2.43. The number of aromatic amines is 1. The molecule has 1 amide bonds. The van der Waals surface area contributed by atoms with E-state index in [4.69, 9.17) is 11.6 Å². The maximum Gasteiger partial charge on any atom is 0.270 e. The number of hydrogen-bond donors (Lipinski definition) is 2. The number of para-hydroxylation sites is 2. The first kappa shape index (κ1) is 16.3. The van der Waals surface area contributed by atoms with Crippen LogP contribution in [0.1, 0.15) is 16.3 Å². The van der Waals surface area contributed by atoms with Gasteiger partial charge in [0.15, 0.2) is 0 Å². The van der Waals surface area contributed by atoms with Gasteiger partial charge in [0.1, 0.15) is 16.5 Å². The van der Waals surface area contributed by atoms with Crippen molar-refractivity contribution in [3.8, 4) is 9.88 Å². The smallest absolute Gasteiger partial charge is 0.270 e. The fraction of sp³-hybridized carbons (Fsp3) is 0.118. The molecule has 3 heterocycles. The Hall–Kier alpha value is -2.22. The van der Waals surface area contributed by atoms with Crippen LogP contribution in [0.3, 0.4) is 0 Å². The highest BCUT2D eigenvalue weighted by atomic mass is 35.5. The molecule has 3 aromatic heterocycles. The minimum Gasteiger partial charge on any atom is -0.350 e. The number of benzene rings is 1. The number of imidazole rings is 1. The number of hydrogen-bond acceptors (Lipinski definition) is 5. The standard InChI is InChI=1S/C17H13ClN4OS2/c18-14-6-5-13(25-14)17-22-12(9-24-17)16(23)19-8-7-15-20-10-3-1-2-4-11(10)21-15/h1-6,9H,7-8H2,(H,19,23)(H,20,21). The summed E-state index contributed by atoms with van der Waals surface area (Å²) < 4.78 is 0.710. The highest BCUT2D eigenvalue weighted by Gasteiger charge is 2.13. The Labute approximate surface area is 156 Å². The number of aromatic nitrogens is 3. The third kappa shape index (κ3) is 3.58. The maximum absolute atomic E-state index is 12.2. The van der Waals surface area contributed by atoms with Crippen molar-refractivity contribution in [1.29, 1.82) is 0 Å². The summed E-state index contributed by atoms with van der Waals surface area (Å²) >= 11 is 8.83. The molecule has 0 aliphatic heterocycles. The SMILES string of the molecule is O=C(NCCc1nc2ccccc2[nH]1)c1csc(-c2ccc(Cl)s2)n1. The van der Waals surface area contributed by atoms with Crippen LogP contribution in [0.4, 0.5) is 0 Å². The van der Waals surface area contributed by atoms with Crippen molar-refractivity contribution >= 4 is 51.2 Å². The van der Waals surface area contributed by atoms with Crippen molar-refractivity contribution in [1.82, 2.24) is 20.3 Å². The largest absolute Gasteiger partial charge is 0.350 e. The topological polar surface area (TPSA) is 70.7 Å². The fourth-order valence-corrected chi connectivity index (χ4v) is 4.34. The molecule has 0 saturated carbocycles. The molecular formula is C17H13ClN4OS2. The second-order valence-corrected chi connectivity index (χ2v) is 7.92. The molecule has 25 heavy (non-hydrogen) atoms. The second-order valence-electron chi connectivity index (χ2n) is 5.35. The molecule has 0 fully saturated rings. The number of thiazole rings is 1. The molecule has 0 spiro atoms. The molecule has 0 atom stereocenters. The Kier molecular flexibility index (Phi) is 4.52. The Morgan fingerprint density at radius 1 is 1.20 bits per heavy atom. The number of carbonyl (C=O) groups excluding carboxylic acids is 1. The van der Waals surface area contributed by atoms with E-state index in [9.17, 15) is 4.79 Å². The first-order chi connectivity index (χ1) is 12.2. The first-order valence-corrected chi connectivity index (χ1v) is 9.69. The summed E-state index contributed by atoms with van der Waals surface area (Å²) in [7, 11) is 0.